The van der Waals surface area contributed by atoms with Crippen molar-refractivity contribution in [3.63, 3.8) is 0 Å². The average Bonchev–Trinajstić information content (AvgIpc) is 2.10. The molecule has 0 unspecified atom stereocenters. The Labute approximate surface area is 65.3 Å². The van der Waals surface area contributed by atoms with Crippen molar-refractivity contribution in [1.82, 2.24) is 0 Å². The summed E-state index contributed by atoms with van der Waals surface area (Å²) >= 11 is 6.04. The number of hydrogen-bond acceptors (Lipinski definition) is 2. The van der Waals surface area contributed by atoms with E-state index in [1.165, 1.54) is 15.3 Å². The van der Waals surface area contributed by atoms with Crippen LogP contribution in [0, 0.1) is 13.8 Å². The first-order chi connectivity index (χ1) is 4.24. The number of rotatable bonds is 1. The third-order valence-corrected chi connectivity index (χ3v) is 2.97. The Morgan fingerprint density at radius 3 is 2.44 bits per heavy atom. The maximum Gasteiger partial charge on any atom is 0.0251 e. The quantitative estimate of drug-likeness (QED) is 0.597. The van der Waals surface area contributed by atoms with Crippen LogP contribution in [0.1, 0.15) is 15.3 Å². The molecule has 1 heterocycles. The predicted octanol–water partition coefficient (Wildman–Crippen LogP) is 2.79. The molecule has 0 N–H and O–H groups in total. The van der Waals surface area contributed by atoms with Gasteiger partial charge in [-0.3, -0.25) is 0 Å². The lowest BCUT2D eigenvalue weighted by molar-refractivity contribution is 1.40. The van der Waals surface area contributed by atoms with Crippen LogP contribution in [0.4, 0.5) is 0 Å². The Bertz CT molecular complexity index is 201. The molecular weight excluding hydrogens is 148 g/mol. The second-order valence-corrected chi connectivity index (χ2v) is 3.78. The number of thiophene rings is 1. The fourth-order valence-electron chi connectivity index (χ4n) is 0.847. The van der Waals surface area contributed by atoms with Crippen LogP contribution in [-0.2, 0) is 5.75 Å². The van der Waals surface area contributed by atoms with E-state index in [1.54, 1.807) is 0 Å². The molecule has 50 valence electrons. The second-order valence-electron chi connectivity index (χ2n) is 2.12. The Balaban J connectivity index is 3.01. The maximum atomic E-state index is 4.20. The summed E-state index contributed by atoms with van der Waals surface area (Å²) in [5.41, 5.74) is 1.38. The molecule has 0 aliphatic heterocycles. The molecule has 0 bridgehead atoms. The molecule has 0 saturated carbocycles. The van der Waals surface area contributed by atoms with Crippen LogP contribution in [0.5, 0.6) is 0 Å². The molecule has 1 aromatic heterocycles. The summed E-state index contributed by atoms with van der Waals surface area (Å²) in [5.74, 6) is 0.879. The van der Waals surface area contributed by atoms with Crippen molar-refractivity contribution < 1.29 is 0 Å². The summed E-state index contributed by atoms with van der Waals surface area (Å²) < 4.78 is 0. The molecule has 0 saturated heterocycles. The van der Waals surface area contributed by atoms with Gasteiger partial charge in [0.15, 0.2) is 0 Å². The van der Waals surface area contributed by atoms with Crippen molar-refractivity contribution >= 4 is 24.0 Å². The first kappa shape index (κ1) is 7.16. The van der Waals surface area contributed by atoms with Gasteiger partial charge >= 0.3 is 0 Å². The van der Waals surface area contributed by atoms with Gasteiger partial charge in [-0.05, 0) is 25.5 Å². The molecule has 0 atom stereocenters. The van der Waals surface area contributed by atoms with Crippen LogP contribution in [0.15, 0.2) is 6.07 Å². The van der Waals surface area contributed by atoms with E-state index in [1.807, 2.05) is 11.3 Å². The van der Waals surface area contributed by atoms with E-state index in [9.17, 15) is 0 Å². The minimum absolute atomic E-state index is 0.879. The highest BCUT2D eigenvalue weighted by molar-refractivity contribution is 7.79. The van der Waals surface area contributed by atoms with E-state index in [2.05, 4.69) is 32.5 Å². The van der Waals surface area contributed by atoms with Gasteiger partial charge in [0, 0.05) is 15.5 Å². The van der Waals surface area contributed by atoms with Crippen LogP contribution < -0.4 is 0 Å². The van der Waals surface area contributed by atoms with Crippen LogP contribution >= 0.6 is 24.0 Å². The highest BCUT2D eigenvalue weighted by Gasteiger charge is 1.98. The smallest absolute Gasteiger partial charge is 0.0251 e. The summed E-state index contributed by atoms with van der Waals surface area (Å²) in [5, 5.41) is 0. The van der Waals surface area contributed by atoms with Crippen LogP contribution in [0.3, 0.4) is 0 Å². The normalized spacial score (nSPS) is 10.1. The molecule has 0 amide bonds. The van der Waals surface area contributed by atoms with Gasteiger partial charge in [0.2, 0.25) is 0 Å². The van der Waals surface area contributed by atoms with Gasteiger partial charge in [0.1, 0.15) is 0 Å². The monoisotopic (exact) mass is 158 g/mol. The van der Waals surface area contributed by atoms with E-state index in [-0.39, 0.29) is 0 Å². The molecular formula is C7H10S2. The fourth-order valence-corrected chi connectivity index (χ4v) is 2.20. The van der Waals surface area contributed by atoms with Crippen LogP contribution in [0.25, 0.3) is 0 Å². The maximum absolute atomic E-state index is 4.20. The van der Waals surface area contributed by atoms with Gasteiger partial charge in [0.25, 0.3) is 0 Å². The average molecular weight is 158 g/mol. The van der Waals surface area contributed by atoms with Gasteiger partial charge in [-0.2, -0.15) is 12.6 Å². The molecule has 2 heteroatoms. The van der Waals surface area contributed by atoms with E-state index in [4.69, 9.17) is 0 Å². The summed E-state index contributed by atoms with van der Waals surface area (Å²) in [4.78, 5) is 2.78. The van der Waals surface area contributed by atoms with Gasteiger partial charge in [-0.1, -0.05) is 0 Å². The zero-order chi connectivity index (χ0) is 6.85. The predicted molar refractivity (Wildman–Crippen MR) is 46.5 cm³/mol. The largest absolute Gasteiger partial charge is 0.174 e. The zero-order valence-corrected chi connectivity index (χ0v) is 7.35. The fraction of sp³-hybridized carbons (Fsp3) is 0.429. The lowest BCUT2D eigenvalue weighted by Gasteiger charge is -1.87. The highest BCUT2D eigenvalue weighted by Crippen LogP contribution is 2.21. The highest BCUT2D eigenvalue weighted by atomic mass is 32.1. The number of aryl methyl sites for hydroxylation is 2. The van der Waals surface area contributed by atoms with Crippen molar-refractivity contribution in [3.05, 3.63) is 21.4 Å². The first-order valence-electron chi connectivity index (χ1n) is 2.91. The van der Waals surface area contributed by atoms with Gasteiger partial charge in [0.05, 0.1) is 0 Å². The third kappa shape index (κ3) is 1.49. The van der Waals surface area contributed by atoms with Crippen LogP contribution in [0.2, 0.25) is 0 Å². The second kappa shape index (κ2) is 2.76. The Morgan fingerprint density at radius 1 is 1.56 bits per heavy atom. The Morgan fingerprint density at radius 2 is 2.22 bits per heavy atom. The van der Waals surface area contributed by atoms with E-state index >= 15 is 0 Å². The molecule has 0 aliphatic rings. The van der Waals surface area contributed by atoms with Gasteiger partial charge < -0.3 is 0 Å². The standard InChI is InChI=1S/C7H10S2/c1-5-3-6(2)9-7(5)4-8/h3,8H,4H2,1-2H3. The minimum atomic E-state index is 0.879. The lowest BCUT2D eigenvalue weighted by atomic mass is 10.3. The van der Waals surface area contributed by atoms with E-state index < -0.39 is 0 Å². The SMILES string of the molecule is Cc1cc(C)c(CS)s1. The van der Waals surface area contributed by atoms with Gasteiger partial charge in [-0.25, -0.2) is 0 Å². The summed E-state index contributed by atoms with van der Waals surface area (Å²) in [6, 6.07) is 2.20. The summed E-state index contributed by atoms with van der Waals surface area (Å²) in [7, 11) is 0. The molecule has 9 heavy (non-hydrogen) atoms. The molecule has 1 rings (SSSR count). The number of hydrogen-bond donors (Lipinski definition) is 1. The molecule has 0 spiro atoms. The van der Waals surface area contributed by atoms with Crippen molar-refractivity contribution in [3.8, 4) is 0 Å². The minimum Gasteiger partial charge on any atom is -0.174 e. The lowest BCUT2D eigenvalue weighted by Crippen LogP contribution is -1.70. The van der Waals surface area contributed by atoms with Crippen molar-refractivity contribution in [2.45, 2.75) is 19.6 Å². The number of thiol groups is 1. The van der Waals surface area contributed by atoms with Crippen molar-refractivity contribution in [2.75, 3.05) is 0 Å². The molecule has 0 aliphatic carbocycles. The Hall–Kier alpha value is 0.0500. The summed E-state index contributed by atoms with van der Waals surface area (Å²) in [6.45, 7) is 4.26. The van der Waals surface area contributed by atoms with E-state index in [0.717, 1.165) is 5.75 Å². The molecule has 0 fully saturated rings. The molecule has 0 aromatic carbocycles. The van der Waals surface area contributed by atoms with Crippen molar-refractivity contribution in [1.29, 1.82) is 0 Å². The zero-order valence-electron chi connectivity index (χ0n) is 5.64. The van der Waals surface area contributed by atoms with E-state index in [0.29, 0.717) is 0 Å². The molecule has 0 radical (unpaired) electrons. The van der Waals surface area contributed by atoms with Crippen molar-refractivity contribution in [2.24, 2.45) is 0 Å². The van der Waals surface area contributed by atoms with Crippen LogP contribution in [-0.4, -0.2) is 0 Å². The Kier molecular flexibility index (Phi) is 2.19. The van der Waals surface area contributed by atoms with Gasteiger partial charge in [-0.15, -0.1) is 11.3 Å². The topological polar surface area (TPSA) is 0 Å². The molecule has 1 aromatic rings. The molecule has 0 nitrogen and oxygen atoms in total. The summed E-state index contributed by atoms with van der Waals surface area (Å²) in [6.07, 6.45) is 0. The third-order valence-electron chi connectivity index (χ3n) is 1.29. The first-order valence-corrected chi connectivity index (χ1v) is 4.35.